The highest BCUT2D eigenvalue weighted by atomic mass is 16.5. The first kappa shape index (κ1) is 19.5. The molecule has 0 spiro atoms. The molecule has 2 fully saturated rings. The maximum absolute atomic E-state index is 12.5. The van der Waals surface area contributed by atoms with Crippen LogP contribution in [0.2, 0.25) is 0 Å². The van der Waals surface area contributed by atoms with Crippen LogP contribution < -0.4 is 9.64 Å². The number of ether oxygens (including phenoxy) is 1. The molecule has 2 aliphatic carbocycles. The summed E-state index contributed by atoms with van der Waals surface area (Å²) >= 11 is 0. The molecular formula is C24H27NO4. The van der Waals surface area contributed by atoms with E-state index in [2.05, 4.69) is 18.2 Å². The Hall–Kier alpha value is -2.82. The van der Waals surface area contributed by atoms with Gasteiger partial charge < -0.3 is 14.7 Å². The molecule has 2 aromatic carbocycles. The number of aromatic carboxylic acids is 1. The number of carboxylic acid groups (broad SMARTS) is 1. The van der Waals surface area contributed by atoms with Gasteiger partial charge >= 0.3 is 5.97 Å². The molecule has 0 bridgehead atoms. The SMILES string of the molecule is CCOc1cc(C(=O)O)ccc1N(Cc1cc(C2CC2)cc(C2CC2)c1)C(C)=O. The summed E-state index contributed by atoms with van der Waals surface area (Å²) in [7, 11) is 0. The van der Waals surface area contributed by atoms with Crippen LogP contribution >= 0.6 is 0 Å². The van der Waals surface area contributed by atoms with Gasteiger partial charge in [0.1, 0.15) is 5.75 Å². The Bertz CT molecular complexity index is 914. The molecule has 0 heterocycles. The molecule has 0 atom stereocenters. The summed E-state index contributed by atoms with van der Waals surface area (Å²) in [6.07, 6.45) is 4.98. The largest absolute Gasteiger partial charge is 0.492 e. The van der Waals surface area contributed by atoms with Crippen LogP contribution in [0.4, 0.5) is 5.69 Å². The van der Waals surface area contributed by atoms with Gasteiger partial charge in [-0.25, -0.2) is 4.79 Å². The van der Waals surface area contributed by atoms with E-state index in [1.807, 2.05) is 6.92 Å². The minimum absolute atomic E-state index is 0.0983. The van der Waals surface area contributed by atoms with Crippen molar-refractivity contribution in [2.24, 2.45) is 0 Å². The summed E-state index contributed by atoms with van der Waals surface area (Å²) in [6.45, 7) is 4.22. The summed E-state index contributed by atoms with van der Waals surface area (Å²) in [4.78, 5) is 25.6. The summed E-state index contributed by atoms with van der Waals surface area (Å²) in [6, 6.07) is 11.5. The summed E-state index contributed by atoms with van der Waals surface area (Å²) in [5.74, 6) is 0.624. The Labute approximate surface area is 171 Å². The number of benzene rings is 2. The molecular weight excluding hydrogens is 366 g/mol. The molecule has 29 heavy (non-hydrogen) atoms. The van der Waals surface area contributed by atoms with Gasteiger partial charge in [-0.05, 0) is 79.3 Å². The molecule has 1 N–H and O–H groups in total. The molecule has 5 heteroatoms. The highest BCUT2D eigenvalue weighted by Crippen LogP contribution is 2.45. The molecule has 0 aliphatic heterocycles. The normalized spacial score (nSPS) is 15.8. The quantitative estimate of drug-likeness (QED) is 0.678. The predicted molar refractivity (Wildman–Crippen MR) is 112 cm³/mol. The van der Waals surface area contributed by atoms with E-state index in [4.69, 9.17) is 4.74 Å². The zero-order valence-corrected chi connectivity index (χ0v) is 17.0. The molecule has 0 unspecified atom stereocenters. The van der Waals surface area contributed by atoms with Crippen LogP contribution in [0.15, 0.2) is 36.4 Å². The fourth-order valence-corrected chi connectivity index (χ4v) is 3.83. The van der Waals surface area contributed by atoms with Crippen LogP contribution in [0, 0.1) is 0 Å². The fraction of sp³-hybridized carbons (Fsp3) is 0.417. The van der Waals surface area contributed by atoms with Gasteiger partial charge in [-0.1, -0.05) is 18.2 Å². The lowest BCUT2D eigenvalue weighted by Crippen LogP contribution is -2.28. The van der Waals surface area contributed by atoms with E-state index in [0.29, 0.717) is 36.4 Å². The van der Waals surface area contributed by atoms with Gasteiger partial charge in [0.2, 0.25) is 5.91 Å². The zero-order chi connectivity index (χ0) is 20.5. The van der Waals surface area contributed by atoms with Crippen LogP contribution in [0.25, 0.3) is 0 Å². The van der Waals surface area contributed by atoms with Gasteiger partial charge in [0.25, 0.3) is 0 Å². The second kappa shape index (κ2) is 7.90. The maximum atomic E-state index is 12.5. The fourth-order valence-electron chi connectivity index (χ4n) is 3.83. The van der Waals surface area contributed by atoms with Gasteiger partial charge in [-0.15, -0.1) is 0 Å². The first-order chi connectivity index (χ1) is 14.0. The number of hydrogen-bond acceptors (Lipinski definition) is 3. The van der Waals surface area contributed by atoms with Crippen molar-refractivity contribution in [3.8, 4) is 5.75 Å². The third-order valence-corrected chi connectivity index (χ3v) is 5.65. The van der Waals surface area contributed by atoms with Crippen LogP contribution in [0.3, 0.4) is 0 Å². The topological polar surface area (TPSA) is 66.8 Å². The lowest BCUT2D eigenvalue weighted by atomic mass is 9.99. The third-order valence-electron chi connectivity index (χ3n) is 5.65. The number of hydrogen-bond donors (Lipinski definition) is 1. The standard InChI is InChI=1S/C24H27NO4/c1-3-29-23-13-19(24(27)28)8-9-22(23)25(15(2)26)14-16-10-20(17-4-5-17)12-21(11-16)18-6-7-18/h8-13,17-18H,3-7,14H2,1-2H3,(H,27,28). The van der Waals surface area contributed by atoms with E-state index >= 15 is 0 Å². The van der Waals surface area contributed by atoms with Gasteiger partial charge in [0.15, 0.2) is 0 Å². The van der Waals surface area contributed by atoms with Crippen LogP contribution in [0.5, 0.6) is 5.75 Å². The molecule has 0 radical (unpaired) electrons. The van der Waals surface area contributed by atoms with Crippen molar-refractivity contribution in [2.45, 2.75) is 57.9 Å². The number of amides is 1. The number of nitrogens with zero attached hydrogens (tertiary/aromatic N) is 1. The Morgan fingerprint density at radius 1 is 1.03 bits per heavy atom. The van der Waals surface area contributed by atoms with Crippen LogP contribution in [-0.2, 0) is 11.3 Å². The average Bonchev–Trinajstić information content (AvgIpc) is 3.57. The maximum Gasteiger partial charge on any atom is 0.335 e. The first-order valence-electron chi connectivity index (χ1n) is 10.4. The van der Waals surface area contributed by atoms with Crippen molar-refractivity contribution >= 4 is 17.6 Å². The minimum Gasteiger partial charge on any atom is -0.492 e. The van der Waals surface area contributed by atoms with E-state index in [-0.39, 0.29) is 11.5 Å². The average molecular weight is 393 g/mol. The van der Waals surface area contributed by atoms with E-state index in [1.54, 1.807) is 11.0 Å². The van der Waals surface area contributed by atoms with Crippen molar-refractivity contribution in [1.82, 2.24) is 0 Å². The molecule has 2 saturated carbocycles. The molecule has 2 aliphatic rings. The molecule has 1 amide bonds. The van der Waals surface area contributed by atoms with Crippen molar-refractivity contribution in [2.75, 3.05) is 11.5 Å². The van der Waals surface area contributed by atoms with E-state index in [0.717, 1.165) is 5.56 Å². The molecule has 152 valence electrons. The van der Waals surface area contributed by atoms with Gasteiger partial charge in [-0.2, -0.15) is 0 Å². The molecule has 2 aromatic rings. The number of rotatable bonds is 8. The number of carbonyl (C=O) groups is 2. The van der Waals surface area contributed by atoms with Gasteiger partial charge in [0, 0.05) is 6.92 Å². The van der Waals surface area contributed by atoms with E-state index < -0.39 is 5.97 Å². The van der Waals surface area contributed by atoms with Gasteiger partial charge in [0.05, 0.1) is 24.4 Å². The lowest BCUT2D eigenvalue weighted by molar-refractivity contribution is -0.116. The summed E-state index contributed by atoms with van der Waals surface area (Å²) in [5.41, 5.74) is 4.65. The first-order valence-corrected chi connectivity index (χ1v) is 10.4. The van der Waals surface area contributed by atoms with Crippen molar-refractivity contribution in [1.29, 1.82) is 0 Å². The zero-order valence-electron chi connectivity index (χ0n) is 17.0. The number of carbonyl (C=O) groups excluding carboxylic acids is 1. The Kier molecular flexibility index (Phi) is 5.31. The second-order valence-electron chi connectivity index (χ2n) is 8.08. The molecule has 4 rings (SSSR count). The smallest absolute Gasteiger partial charge is 0.335 e. The second-order valence-corrected chi connectivity index (χ2v) is 8.08. The number of carboxylic acids is 1. The highest BCUT2D eigenvalue weighted by Gasteiger charge is 2.29. The summed E-state index contributed by atoms with van der Waals surface area (Å²) in [5, 5.41) is 9.29. The van der Waals surface area contributed by atoms with Gasteiger partial charge in [-0.3, -0.25) is 4.79 Å². The Balaban J connectivity index is 1.68. The Morgan fingerprint density at radius 2 is 1.66 bits per heavy atom. The third kappa shape index (κ3) is 4.44. The highest BCUT2D eigenvalue weighted by molar-refractivity contribution is 5.95. The van der Waals surface area contributed by atoms with E-state index in [9.17, 15) is 14.7 Å². The molecule has 5 nitrogen and oxygen atoms in total. The molecule has 0 saturated heterocycles. The van der Waals surface area contributed by atoms with Crippen molar-refractivity contribution in [3.63, 3.8) is 0 Å². The Morgan fingerprint density at radius 3 is 2.14 bits per heavy atom. The summed E-state index contributed by atoms with van der Waals surface area (Å²) < 4.78 is 5.68. The monoisotopic (exact) mass is 393 g/mol. The van der Waals surface area contributed by atoms with Crippen LogP contribution in [0.1, 0.15) is 78.4 Å². The predicted octanol–water partition coefficient (Wildman–Crippen LogP) is 5.09. The molecule has 0 aromatic heterocycles. The van der Waals surface area contributed by atoms with E-state index in [1.165, 1.54) is 55.9 Å². The van der Waals surface area contributed by atoms with Crippen LogP contribution in [-0.4, -0.2) is 23.6 Å². The van der Waals surface area contributed by atoms with Crippen molar-refractivity contribution in [3.05, 3.63) is 58.7 Å². The number of anilines is 1. The lowest BCUT2D eigenvalue weighted by Gasteiger charge is -2.25. The minimum atomic E-state index is -1.02. The van der Waals surface area contributed by atoms with Crippen molar-refractivity contribution < 1.29 is 19.4 Å².